The van der Waals surface area contributed by atoms with Crippen molar-refractivity contribution in [2.75, 3.05) is 31.9 Å². The van der Waals surface area contributed by atoms with Crippen LogP contribution in [0.2, 0.25) is 0 Å². The van der Waals surface area contributed by atoms with E-state index in [2.05, 4.69) is 60.0 Å². The average Bonchev–Trinajstić information content (AvgIpc) is 2.60. The van der Waals surface area contributed by atoms with Crippen LogP contribution in [0.25, 0.3) is 10.8 Å². The summed E-state index contributed by atoms with van der Waals surface area (Å²) in [5.41, 5.74) is 1.37. The smallest absolute Gasteiger partial charge is 0.222 e. The maximum atomic E-state index is 12.1. The minimum atomic E-state index is 0.281. The summed E-state index contributed by atoms with van der Waals surface area (Å²) in [6.07, 6.45) is 1.50. The fraction of sp³-hybridized carbons (Fsp3) is 0.421. The molecule has 1 aliphatic heterocycles. The zero-order chi connectivity index (χ0) is 16.1. The van der Waals surface area contributed by atoms with E-state index < -0.39 is 0 Å². The molecule has 0 saturated carbocycles. The highest BCUT2D eigenvalue weighted by Gasteiger charge is 2.20. The van der Waals surface area contributed by atoms with Crippen LogP contribution in [-0.2, 0) is 11.3 Å². The van der Waals surface area contributed by atoms with Crippen molar-refractivity contribution in [2.24, 2.45) is 0 Å². The number of piperazine rings is 1. The Bertz CT molecular complexity index is 660. The lowest BCUT2D eigenvalue weighted by atomic mass is 10.0. The summed E-state index contributed by atoms with van der Waals surface area (Å²) in [6, 6.07) is 15.1. The van der Waals surface area contributed by atoms with Gasteiger partial charge in [-0.3, -0.25) is 9.69 Å². The molecular weight excluding hydrogens is 304 g/mol. The van der Waals surface area contributed by atoms with Gasteiger partial charge in [-0.25, -0.2) is 0 Å². The van der Waals surface area contributed by atoms with Gasteiger partial charge in [-0.2, -0.15) is 12.6 Å². The highest BCUT2D eigenvalue weighted by molar-refractivity contribution is 7.80. The van der Waals surface area contributed by atoms with E-state index >= 15 is 0 Å². The predicted octanol–water partition coefficient (Wildman–Crippen LogP) is 3.19. The second-order valence-electron chi connectivity index (χ2n) is 6.12. The molecular formula is C19H24N2OS. The fourth-order valence-electron chi connectivity index (χ4n) is 3.22. The van der Waals surface area contributed by atoms with E-state index in [9.17, 15) is 4.79 Å². The molecule has 3 rings (SSSR count). The van der Waals surface area contributed by atoms with Gasteiger partial charge in [0.2, 0.25) is 5.91 Å². The fourth-order valence-corrected chi connectivity index (χ4v) is 3.37. The molecule has 3 nitrogen and oxygen atoms in total. The van der Waals surface area contributed by atoms with E-state index in [1.165, 1.54) is 16.3 Å². The maximum Gasteiger partial charge on any atom is 0.222 e. The first-order valence-corrected chi connectivity index (χ1v) is 8.99. The Kier molecular flexibility index (Phi) is 5.57. The number of thiol groups is 1. The number of amides is 1. The van der Waals surface area contributed by atoms with E-state index in [0.717, 1.165) is 44.9 Å². The van der Waals surface area contributed by atoms with Crippen LogP contribution in [0, 0.1) is 0 Å². The van der Waals surface area contributed by atoms with Crippen molar-refractivity contribution in [1.82, 2.24) is 9.80 Å². The molecule has 4 heteroatoms. The molecule has 0 atom stereocenters. The number of carbonyl (C=O) groups excluding carboxylic acids is 1. The Morgan fingerprint density at radius 3 is 2.52 bits per heavy atom. The summed E-state index contributed by atoms with van der Waals surface area (Å²) in [4.78, 5) is 16.5. The lowest BCUT2D eigenvalue weighted by molar-refractivity contribution is -0.133. The first kappa shape index (κ1) is 16.3. The van der Waals surface area contributed by atoms with Crippen LogP contribution in [0.5, 0.6) is 0 Å². The topological polar surface area (TPSA) is 23.6 Å². The van der Waals surface area contributed by atoms with Gasteiger partial charge < -0.3 is 4.90 Å². The second kappa shape index (κ2) is 7.84. The van der Waals surface area contributed by atoms with Crippen LogP contribution in [0.3, 0.4) is 0 Å². The van der Waals surface area contributed by atoms with Crippen LogP contribution in [0.4, 0.5) is 0 Å². The summed E-state index contributed by atoms with van der Waals surface area (Å²) >= 11 is 4.18. The summed E-state index contributed by atoms with van der Waals surface area (Å²) in [5.74, 6) is 1.07. The number of benzene rings is 2. The Morgan fingerprint density at radius 2 is 1.74 bits per heavy atom. The standard InChI is InChI=1S/C19H24N2OS/c22-19(9-4-14-23)21-12-10-20(11-13-21)15-17-7-3-6-16-5-1-2-8-18(16)17/h1-3,5-8,23H,4,9-15H2. The van der Waals surface area contributed by atoms with Crippen LogP contribution < -0.4 is 0 Å². The van der Waals surface area contributed by atoms with Crippen LogP contribution in [0.15, 0.2) is 42.5 Å². The Morgan fingerprint density at radius 1 is 1.00 bits per heavy atom. The van der Waals surface area contributed by atoms with E-state index in [4.69, 9.17) is 0 Å². The van der Waals surface area contributed by atoms with Crippen molar-refractivity contribution in [2.45, 2.75) is 19.4 Å². The predicted molar refractivity (Wildman–Crippen MR) is 98.9 cm³/mol. The molecule has 2 aromatic rings. The molecule has 0 bridgehead atoms. The highest BCUT2D eigenvalue weighted by atomic mass is 32.1. The van der Waals surface area contributed by atoms with Crippen molar-refractivity contribution < 1.29 is 4.79 Å². The third kappa shape index (κ3) is 4.06. The van der Waals surface area contributed by atoms with E-state index in [1.54, 1.807) is 0 Å². The first-order chi connectivity index (χ1) is 11.3. The van der Waals surface area contributed by atoms with Crippen molar-refractivity contribution in [3.63, 3.8) is 0 Å². The van der Waals surface area contributed by atoms with Gasteiger partial charge in [-0.15, -0.1) is 0 Å². The maximum absolute atomic E-state index is 12.1. The van der Waals surface area contributed by atoms with Gasteiger partial charge in [0.25, 0.3) is 0 Å². The van der Waals surface area contributed by atoms with E-state index in [1.807, 2.05) is 4.90 Å². The summed E-state index contributed by atoms with van der Waals surface area (Å²) in [5, 5.41) is 2.63. The van der Waals surface area contributed by atoms with Gasteiger partial charge in [0.15, 0.2) is 0 Å². The van der Waals surface area contributed by atoms with Gasteiger partial charge in [-0.05, 0) is 28.5 Å². The molecule has 0 radical (unpaired) electrons. The number of nitrogens with zero attached hydrogens (tertiary/aromatic N) is 2. The first-order valence-electron chi connectivity index (χ1n) is 8.35. The van der Waals surface area contributed by atoms with Gasteiger partial charge in [0.1, 0.15) is 0 Å². The second-order valence-corrected chi connectivity index (χ2v) is 6.57. The summed E-state index contributed by atoms with van der Waals surface area (Å²) in [7, 11) is 0. The quantitative estimate of drug-likeness (QED) is 0.852. The molecule has 1 saturated heterocycles. The molecule has 1 amide bonds. The van der Waals surface area contributed by atoms with Crippen molar-refractivity contribution >= 4 is 29.3 Å². The minimum absolute atomic E-state index is 0.281. The van der Waals surface area contributed by atoms with Crippen molar-refractivity contribution in [1.29, 1.82) is 0 Å². The Balaban J connectivity index is 1.59. The SMILES string of the molecule is O=C(CCCS)N1CCN(Cc2cccc3ccccc23)CC1. The Hall–Kier alpha value is -1.52. The number of hydrogen-bond acceptors (Lipinski definition) is 3. The van der Waals surface area contributed by atoms with Crippen LogP contribution in [0.1, 0.15) is 18.4 Å². The monoisotopic (exact) mass is 328 g/mol. The molecule has 0 aromatic heterocycles. The van der Waals surface area contributed by atoms with Crippen molar-refractivity contribution in [3.8, 4) is 0 Å². The normalized spacial score (nSPS) is 16.0. The zero-order valence-corrected chi connectivity index (χ0v) is 14.3. The third-order valence-electron chi connectivity index (χ3n) is 4.55. The molecule has 0 spiro atoms. The molecule has 1 aliphatic rings. The third-order valence-corrected chi connectivity index (χ3v) is 4.86. The largest absolute Gasteiger partial charge is 0.340 e. The van der Waals surface area contributed by atoms with Crippen LogP contribution in [-0.4, -0.2) is 47.6 Å². The lowest BCUT2D eigenvalue weighted by Crippen LogP contribution is -2.48. The number of rotatable bonds is 5. The molecule has 1 fully saturated rings. The zero-order valence-electron chi connectivity index (χ0n) is 13.4. The summed E-state index contributed by atoms with van der Waals surface area (Å²) < 4.78 is 0. The molecule has 23 heavy (non-hydrogen) atoms. The van der Waals surface area contributed by atoms with Crippen LogP contribution >= 0.6 is 12.6 Å². The van der Waals surface area contributed by atoms with Gasteiger partial charge in [0.05, 0.1) is 0 Å². The highest BCUT2D eigenvalue weighted by Crippen LogP contribution is 2.20. The molecule has 0 unspecified atom stereocenters. The number of carbonyl (C=O) groups is 1. The number of hydrogen-bond donors (Lipinski definition) is 1. The van der Waals surface area contributed by atoms with Gasteiger partial charge >= 0.3 is 0 Å². The molecule has 0 aliphatic carbocycles. The number of fused-ring (bicyclic) bond motifs is 1. The molecule has 122 valence electrons. The minimum Gasteiger partial charge on any atom is -0.340 e. The van der Waals surface area contributed by atoms with E-state index in [-0.39, 0.29) is 5.91 Å². The lowest BCUT2D eigenvalue weighted by Gasteiger charge is -2.35. The summed E-state index contributed by atoms with van der Waals surface area (Å²) in [6.45, 7) is 4.55. The molecule has 1 heterocycles. The molecule has 0 N–H and O–H groups in total. The van der Waals surface area contributed by atoms with Gasteiger partial charge in [0, 0.05) is 39.1 Å². The van der Waals surface area contributed by atoms with Crippen molar-refractivity contribution in [3.05, 3.63) is 48.0 Å². The Labute approximate surface area is 143 Å². The van der Waals surface area contributed by atoms with E-state index in [0.29, 0.717) is 6.42 Å². The average molecular weight is 328 g/mol. The molecule has 2 aromatic carbocycles. The van der Waals surface area contributed by atoms with Gasteiger partial charge in [-0.1, -0.05) is 42.5 Å².